The van der Waals surface area contributed by atoms with Crippen LogP contribution in [0.3, 0.4) is 0 Å². The average Bonchev–Trinajstić information content (AvgIpc) is 2.76. The summed E-state index contributed by atoms with van der Waals surface area (Å²) in [6.45, 7) is 0. The SMILES string of the molecule is ClC[SiH](C1=[C-]CC=C1)C1=[C-]CC=C1.[Cl-].[Cl-].[Zr+4]. The molecule has 16 heavy (non-hydrogen) atoms. The van der Waals surface area contributed by atoms with Gasteiger partial charge in [-0.2, -0.15) is 12.2 Å². The van der Waals surface area contributed by atoms with E-state index in [4.69, 9.17) is 11.6 Å². The average molecular weight is 369 g/mol. The van der Waals surface area contributed by atoms with Gasteiger partial charge in [0.2, 0.25) is 0 Å². The first-order valence-electron chi connectivity index (χ1n) is 4.52. The van der Waals surface area contributed by atoms with Crippen molar-refractivity contribution in [2.45, 2.75) is 12.8 Å². The Hall–Kier alpha value is 0.930. The molecule has 0 nitrogen and oxygen atoms in total. The summed E-state index contributed by atoms with van der Waals surface area (Å²) in [7, 11) is -1.11. The van der Waals surface area contributed by atoms with Crippen LogP contribution in [0.1, 0.15) is 12.8 Å². The van der Waals surface area contributed by atoms with Crippen molar-refractivity contribution in [1.29, 1.82) is 0 Å². The van der Waals surface area contributed by atoms with Crippen molar-refractivity contribution in [3.05, 3.63) is 46.8 Å². The van der Waals surface area contributed by atoms with Crippen LogP contribution in [0, 0.1) is 12.2 Å². The Morgan fingerprint density at radius 3 is 1.75 bits per heavy atom. The standard InChI is InChI=1S/C11H11ClSi.2ClH.Zr/c12-9-13(10-5-1-2-6-10)11-7-3-4-8-11;;;/h1,3,5,7,13H,2,4,9H2;2*1H;/q-2;;;+4/p-2. The predicted octanol–water partition coefficient (Wildman–Crippen LogP) is -3.55. The van der Waals surface area contributed by atoms with Gasteiger partial charge in [0.05, 0.1) is 0 Å². The minimum absolute atomic E-state index is 0. The molecule has 5 heteroatoms. The van der Waals surface area contributed by atoms with Crippen LogP contribution in [-0.4, -0.2) is 14.3 Å². The van der Waals surface area contributed by atoms with Gasteiger partial charge in [0.15, 0.2) is 0 Å². The Balaban J connectivity index is 0. The van der Waals surface area contributed by atoms with Gasteiger partial charge in [-0.3, -0.25) is 12.2 Å². The summed E-state index contributed by atoms with van der Waals surface area (Å²) in [4.78, 5) is 0. The third kappa shape index (κ3) is 4.66. The number of allylic oxidation sites excluding steroid dienone is 8. The quantitative estimate of drug-likeness (QED) is 0.275. The molecule has 0 spiro atoms. The van der Waals surface area contributed by atoms with E-state index in [-0.39, 0.29) is 51.0 Å². The topological polar surface area (TPSA) is 0 Å². The van der Waals surface area contributed by atoms with Crippen molar-refractivity contribution >= 4 is 20.4 Å². The van der Waals surface area contributed by atoms with E-state index >= 15 is 0 Å². The first-order chi connectivity index (χ1) is 6.42. The summed E-state index contributed by atoms with van der Waals surface area (Å²) in [6.07, 6.45) is 17.3. The predicted molar refractivity (Wildman–Crippen MR) is 58.9 cm³/mol. The Morgan fingerprint density at radius 1 is 1.06 bits per heavy atom. The Kier molecular flexibility index (Phi) is 11.9. The van der Waals surface area contributed by atoms with Crippen LogP contribution in [0.25, 0.3) is 0 Å². The fraction of sp³-hybridized carbons (Fsp3) is 0.273. The maximum Gasteiger partial charge on any atom is 4.00 e. The number of rotatable bonds is 3. The number of hydrogen-bond acceptors (Lipinski definition) is 0. The molecule has 84 valence electrons. The molecule has 0 N–H and O–H groups in total. The first kappa shape index (κ1) is 19.3. The molecule has 2 aliphatic carbocycles. The molecule has 0 aromatic carbocycles. The summed E-state index contributed by atoms with van der Waals surface area (Å²) in [6, 6.07) is 0. The summed E-state index contributed by atoms with van der Waals surface area (Å²) in [5, 5.41) is 2.73. The van der Waals surface area contributed by atoms with Gasteiger partial charge < -0.3 is 24.8 Å². The van der Waals surface area contributed by atoms with Crippen molar-refractivity contribution in [1.82, 2.24) is 0 Å². The monoisotopic (exact) mass is 366 g/mol. The van der Waals surface area contributed by atoms with E-state index in [2.05, 4.69) is 36.5 Å². The molecule has 0 amide bonds. The van der Waals surface area contributed by atoms with Crippen LogP contribution in [0.4, 0.5) is 0 Å². The number of halogens is 3. The van der Waals surface area contributed by atoms with E-state index in [1.54, 1.807) is 0 Å². The van der Waals surface area contributed by atoms with Crippen LogP contribution >= 0.6 is 11.6 Å². The van der Waals surface area contributed by atoms with Gasteiger partial charge in [-0.05, 0) is 0 Å². The van der Waals surface area contributed by atoms with Gasteiger partial charge in [-0.25, -0.2) is 22.5 Å². The third-order valence-electron chi connectivity index (χ3n) is 2.35. The Bertz CT molecular complexity index is 291. The molecule has 0 aliphatic heterocycles. The third-order valence-corrected chi connectivity index (χ3v) is 5.88. The maximum absolute atomic E-state index is 6.00. The second-order valence-electron chi connectivity index (χ2n) is 3.18. The largest absolute Gasteiger partial charge is 4.00 e. The van der Waals surface area contributed by atoms with Gasteiger partial charge in [-0.15, -0.1) is 24.4 Å². The Morgan fingerprint density at radius 2 is 1.50 bits per heavy atom. The molecular weight excluding hydrogens is 358 g/mol. The molecule has 0 aromatic heterocycles. The normalized spacial score (nSPS) is 16.1. The van der Waals surface area contributed by atoms with Crippen molar-refractivity contribution in [3.8, 4) is 0 Å². The van der Waals surface area contributed by atoms with Crippen LogP contribution in [-0.2, 0) is 26.2 Å². The molecule has 2 aliphatic rings. The molecule has 0 unspecified atom stereocenters. The summed E-state index contributed by atoms with van der Waals surface area (Å²) in [5.41, 5.74) is 0.763. The smallest absolute Gasteiger partial charge is 1.00 e. The van der Waals surface area contributed by atoms with Crippen LogP contribution in [0.15, 0.2) is 34.7 Å². The summed E-state index contributed by atoms with van der Waals surface area (Å²) >= 11 is 6.00. The second kappa shape index (κ2) is 9.91. The van der Waals surface area contributed by atoms with E-state index in [1.165, 1.54) is 10.4 Å². The minimum Gasteiger partial charge on any atom is -1.00 e. The van der Waals surface area contributed by atoms with E-state index in [9.17, 15) is 0 Å². The molecule has 0 saturated heterocycles. The van der Waals surface area contributed by atoms with E-state index < -0.39 is 8.80 Å². The van der Waals surface area contributed by atoms with Gasteiger partial charge >= 0.3 is 26.2 Å². The molecule has 2 rings (SSSR count). The molecular formula is C11H11Cl3SiZr. The zero-order chi connectivity index (χ0) is 9.10. The molecule has 0 radical (unpaired) electrons. The van der Waals surface area contributed by atoms with E-state index in [0.717, 1.165) is 18.3 Å². The van der Waals surface area contributed by atoms with Crippen LogP contribution < -0.4 is 24.8 Å². The fourth-order valence-electron chi connectivity index (χ4n) is 1.66. The van der Waals surface area contributed by atoms with E-state index in [0.29, 0.717) is 0 Å². The molecule has 0 saturated carbocycles. The summed E-state index contributed by atoms with van der Waals surface area (Å²) in [5.74, 6) is 0. The summed E-state index contributed by atoms with van der Waals surface area (Å²) < 4.78 is 0. The molecule has 0 heterocycles. The number of alkyl halides is 1. The molecule has 0 fully saturated rings. The zero-order valence-electron chi connectivity index (χ0n) is 8.64. The number of hydrogen-bond donors (Lipinski definition) is 0. The van der Waals surface area contributed by atoms with Crippen LogP contribution in [0.2, 0.25) is 0 Å². The fourth-order valence-corrected chi connectivity index (χ4v) is 4.79. The maximum atomic E-state index is 6.00. The first-order valence-corrected chi connectivity index (χ1v) is 7.03. The van der Waals surface area contributed by atoms with Gasteiger partial charge in [0.25, 0.3) is 0 Å². The Labute approximate surface area is 135 Å². The molecule has 0 atom stereocenters. The van der Waals surface area contributed by atoms with Crippen molar-refractivity contribution in [3.63, 3.8) is 0 Å². The van der Waals surface area contributed by atoms with Gasteiger partial charge in [-0.1, -0.05) is 0 Å². The van der Waals surface area contributed by atoms with Crippen molar-refractivity contribution in [2.75, 3.05) is 5.50 Å². The van der Waals surface area contributed by atoms with Gasteiger partial charge in [0, 0.05) is 14.3 Å². The van der Waals surface area contributed by atoms with Crippen LogP contribution in [0.5, 0.6) is 0 Å². The second-order valence-corrected chi connectivity index (χ2v) is 6.77. The zero-order valence-corrected chi connectivity index (χ0v) is 14.5. The van der Waals surface area contributed by atoms with Gasteiger partial charge in [0.1, 0.15) is 0 Å². The molecule has 0 aromatic rings. The minimum atomic E-state index is -1.11. The molecule has 0 bridgehead atoms. The van der Waals surface area contributed by atoms with Crippen molar-refractivity contribution in [2.24, 2.45) is 0 Å². The van der Waals surface area contributed by atoms with E-state index in [1.807, 2.05) is 0 Å². The van der Waals surface area contributed by atoms with Crippen molar-refractivity contribution < 1.29 is 51.0 Å².